The Morgan fingerprint density at radius 3 is 2.55 bits per heavy atom. The molecule has 0 aliphatic heterocycles. The van der Waals surface area contributed by atoms with Gasteiger partial charge in [0.15, 0.2) is 0 Å². The number of hydrogen-bond donors (Lipinski definition) is 1. The summed E-state index contributed by atoms with van der Waals surface area (Å²) in [5.74, 6) is 1.87. The standard InChI is InChI=1S/C17H24N2O/c1-6-9-20-13-7-8-15-12(10-13)11-14(17(2,3)4)16(18-5)19-15/h7-8,10-11H,6,9H2,1-5H3,(H,18,19). The summed E-state index contributed by atoms with van der Waals surface area (Å²) in [7, 11) is 1.92. The third-order valence-corrected chi connectivity index (χ3v) is 3.30. The van der Waals surface area contributed by atoms with Crippen molar-refractivity contribution in [3.8, 4) is 5.75 Å². The van der Waals surface area contributed by atoms with Gasteiger partial charge in [0.25, 0.3) is 0 Å². The summed E-state index contributed by atoms with van der Waals surface area (Å²) in [6, 6.07) is 8.30. The Balaban J connectivity index is 2.52. The molecular weight excluding hydrogens is 248 g/mol. The van der Waals surface area contributed by atoms with E-state index in [0.29, 0.717) is 0 Å². The molecule has 0 saturated carbocycles. The quantitative estimate of drug-likeness (QED) is 0.897. The van der Waals surface area contributed by atoms with Crippen LogP contribution in [-0.2, 0) is 5.41 Å². The highest BCUT2D eigenvalue weighted by atomic mass is 16.5. The fraction of sp³-hybridized carbons (Fsp3) is 0.471. The van der Waals surface area contributed by atoms with Crippen molar-refractivity contribution in [2.75, 3.05) is 19.0 Å². The van der Waals surface area contributed by atoms with Gasteiger partial charge in [-0.25, -0.2) is 4.98 Å². The minimum Gasteiger partial charge on any atom is -0.494 e. The van der Waals surface area contributed by atoms with Gasteiger partial charge in [0.1, 0.15) is 11.6 Å². The molecule has 2 rings (SSSR count). The number of nitrogens with zero attached hydrogens (tertiary/aromatic N) is 1. The maximum atomic E-state index is 5.70. The summed E-state index contributed by atoms with van der Waals surface area (Å²) in [6.07, 6.45) is 1.02. The van der Waals surface area contributed by atoms with Crippen molar-refractivity contribution < 1.29 is 4.74 Å². The van der Waals surface area contributed by atoms with Gasteiger partial charge in [0, 0.05) is 18.0 Å². The Hall–Kier alpha value is -1.77. The molecule has 0 spiro atoms. The average molecular weight is 272 g/mol. The topological polar surface area (TPSA) is 34.1 Å². The molecule has 3 heteroatoms. The fourth-order valence-electron chi connectivity index (χ4n) is 2.23. The zero-order chi connectivity index (χ0) is 14.8. The van der Waals surface area contributed by atoms with E-state index in [-0.39, 0.29) is 5.41 Å². The summed E-state index contributed by atoms with van der Waals surface area (Å²) in [5, 5.41) is 4.33. The second kappa shape index (κ2) is 5.70. The lowest BCUT2D eigenvalue weighted by molar-refractivity contribution is 0.318. The predicted molar refractivity (Wildman–Crippen MR) is 85.8 cm³/mol. The summed E-state index contributed by atoms with van der Waals surface area (Å²) in [4.78, 5) is 4.71. The fourth-order valence-corrected chi connectivity index (χ4v) is 2.23. The number of ether oxygens (including phenoxy) is 1. The molecule has 108 valence electrons. The van der Waals surface area contributed by atoms with Gasteiger partial charge >= 0.3 is 0 Å². The Bertz CT molecular complexity index is 600. The van der Waals surface area contributed by atoms with Gasteiger partial charge in [-0.05, 0) is 36.1 Å². The molecular formula is C17H24N2O. The monoisotopic (exact) mass is 272 g/mol. The van der Waals surface area contributed by atoms with Crippen LogP contribution in [0.25, 0.3) is 10.9 Å². The number of pyridine rings is 1. The molecule has 0 radical (unpaired) electrons. The van der Waals surface area contributed by atoms with Crippen molar-refractivity contribution in [2.45, 2.75) is 39.5 Å². The van der Waals surface area contributed by atoms with E-state index >= 15 is 0 Å². The molecule has 0 atom stereocenters. The van der Waals surface area contributed by atoms with Crippen molar-refractivity contribution in [3.63, 3.8) is 0 Å². The molecule has 3 nitrogen and oxygen atoms in total. The van der Waals surface area contributed by atoms with E-state index in [1.165, 1.54) is 5.56 Å². The van der Waals surface area contributed by atoms with E-state index in [2.05, 4.69) is 45.1 Å². The largest absolute Gasteiger partial charge is 0.494 e. The SMILES string of the molecule is CCCOc1ccc2nc(NC)c(C(C)(C)C)cc2c1. The average Bonchev–Trinajstić information content (AvgIpc) is 2.42. The van der Waals surface area contributed by atoms with E-state index in [4.69, 9.17) is 9.72 Å². The molecule has 0 aliphatic rings. The van der Waals surface area contributed by atoms with Crippen LogP contribution in [0.15, 0.2) is 24.3 Å². The smallest absolute Gasteiger partial charge is 0.130 e. The Morgan fingerprint density at radius 1 is 1.20 bits per heavy atom. The van der Waals surface area contributed by atoms with Crippen LogP contribution < -0.4 is 10.1 Å². The Kier molecular flexibility index (Phi) is 4.17. The molecule has 0 aliphatic carbocycles. The van der Waals surface area contributed by atoms with Crippen molar-refractivity contribution in [2.24, 2.45) is 0 Å². The first-order valence-corrected chi connectivity index (χ1v) is 7.21. The summed E-state index contributed by atoms with van der Waals surface area (Å²) >= 11 is 0. The summed E-state index contributed by atoms with van der Waals surface area (Å²) in [5.41, 5.74) is 2.27. The minimum absolute atomic E-state index is 0.0554. The van der Waals surface area contributed by atoms with Crippen molar-refractivity contribution in [1.29, 1.82) is 0 Å². The van der Waals surface area contributed by atoms with Crippen molar-refractivity contribution in [1.82, 2.24) is 4.98 Å². The highest BCUT2D eigenvalue weighted by Crippen LogP contribution is 2.32. The maximum absolute atomic E-state index is 5.70. The minimum atomic E-state index is 0.0554. The van der Waals surface area contributed by atoms with Gasteiger partial charge in [0.05, 0.1) is 12.1 Å². The zero-order valence-corrected chi connectivity index (χ0v) is 13.1. The molecule has 0 saturated heterocycles. The number of fused-ring (bicyclic) bond motifs is 1. The van der Waals surface area contributed by atoms with Crippen molar-refractivity contribution in [3.05, 3.63) is 29.8 Å². The van der Waals surface area contributed by atoms with Gasteiger partial charge in [-0.3, -0.25) is 0 Å². The van der Waals surface area contributed by atoms with Gasteiger partial charge in [-0.15, -0.1) is 0 Å². The second-order valence-electron chi connectivity index (χ2n) is 6.09. The van der Waals surface area contributed by atoms with E-state index in [1.54, 1.807) is 0 Å². The highest BCUT2D eigenvalue weighted by molar-refractivity contribution is 5.83. The van der Waals surface area contributed by atoms with E-state index < -0.39 is 0 Å². The van der Waals surface area contributed by atoms with Crippen LogP contribution in [-0.4, -0.2) is 18.6 Å². The number of nitrogens with one attached hydrogen (secondary N) is 1. The van der Waals surface area contributed by atoms with Crippen molar-refractivity contribution >= 4 is 16.7 Å². The molecule has 20 heavy (non-hydrogen) atoms. The van der Waals surface area contributed by atoms with Gasteiger partial charge in [-0.1, -0.05) is 27.7 Å². The first kappa shape index (κ1) is 14.6. The molecule has 2 aromatic rings. The van der Waals surface area contributed by atoms with Crippen LogP contribution >= 0.6 is 0 Å². The second-order valence-corrected chi connectivity index (χ2v) is 6.09. The van der Waals surface area contributed by atoms with Gasteiger partial charge in [-0.2, -0.15) is 0 Å². The first-order valence-electron chi connectivity index (χ1n) is 7.21. The van der Waals surface area contributed by atoms with E-state index in [0.717, 1.165) is 35.5 Å². The molecule has 1 aromatic heterocycles. The number of aromatic nitrogens is 1. The van der Waals surface area contributed by atoms with Gasteiger partial charge in [0.2, 0.25) is 0 Å². The van der Waals surface area contributed by atoms with E-state index in [1.807, 2.05) is 19.2 Å². The molecule has 0 amide bonds. The molecule has 0 bridgehead atoms. The van der Waals surface area contributed by atoms with Crippen LogP contribution in [0.3, 0.4) is 0 Å². The maximum Gasteiger partial charge on any atom is 0.130 e. The van der Waals surface area contributed by atoms with Crippen LogP contribution in [0.5, 0.6) is 5.75 Å². The van der Waals surface area contributed by atoms with Gasteiger partial charge < -0.3 is 10.1 Å². The number of hydrogen-bond acceptors (Lipinski definition) is 3. The number of benzene rings is 1. The van der Waals surface area contributed by atoms with Crippen LogP contribution in [0.4, 0.5) is 5.82 Å². The predicted octanol–water partition coefficient (Wildman–Crippen LogP) is 4.36. The normalized spacial score (nSPS) is 11.7. The lowest BCUT2D eigenvalue weighted by Gasteiger charge is -2.22. The molecule has 1 heterocycles. The lowest BCUT2D eigenvalue weighted by Crippen LogP contribution is -2.15. The van der Waals surface area contributed by atoms with Crippen LogP contribution in [0, 0.1) is 0 Å². The number of anilines is 1. The molecule has 0 unspecified atom stereocenters. The summed E-state index contributed by atoms with van der Waals surface area (Å²) < 4.78 is 5.70. The van der Waals surface area contributed by atoms with Crippen LogP contribution in [0.2, 0.25) is 0 Å². The molecule has 0 fully saturated rings. The third-order valence-electron chi connectivity index (χ3n) is 3.30. The first-order chi connectivity index (χ1) is 9.45. The van der Waals surface area contributed by atoms with E-state index in [9.17, 15) is 0 Å². The third kappa shape index (κ3) is 3.03. The summed E-state index contributed by atoms with van der Waals surface area (Å²) in [6.45, 7) is 9.47. The Morgan fingerprint density at radius 2 is 1.95 bits per heavy atom. The van der Waals surface area contributed by atoms with Crippen LogP contribution in [0.1, 0.15) is 39.7 Å². The molecule has 1 N–H and O–H groups in total. The molecule has 1 aromatic carbocycles. The lowest BCUT2D eigenvalue weighted by atomic mass is 9.86. The Labute approximate surface area is 121 Å². The number of rotatable bonds is 4. The zero-order valence-electron chi connectivity index (χ0n) is 13.1. The highest BCUT2D eigenvalue weighted by Gasteiger charge is 2.19.